The van der Waals surface area contributed by atoms with Gasteiger partial charge in [-0.25, -0.2) is 0 Å². The summed E-state index contributed by atoms with van der Waals surface area (Å²) < 4.78 is 0. The highest BCUT2D eigenvalue weighted by molar-refractivity contribution is 7.14. The molecule has 4 heteroatoms. The van der Waals surface area contributed by atoms with Crippen LogP contribution in [-0.4, -0.2) is 18.2 Å². The highest BCUT2D eigenvalue weighted by Crippen LogP contribution is 2.15. The van der Waals surface area contributed by atoms with Crippen molar-refractivity contribution in [2.24, 2.45) is 0 Å². The summed E-state index contributed by atoms with van der Waals surface area (Å²) in [7, 11) is 0. The first-order chi connectivity index (χ1) is 7.13. The van der Waals surface area contributed by atoms with Crippen LogP contribution in [0.4, 0.5) is 0 Å². The third-order valence-electron chi connectivity index (χ3n) is 1.94. The minimum atomic E-state index is -0.0564. The molecule has 0 aliphatic rings. The Hall–Kier alpha value is -1.16. The van der Waals surface area contributed by atoms with Gasteiger partial charge in [0.25, 0.3) is 0 Å². The molecule has 15 heavy (non-hydrogen) atoms. The van der Waals surface area contributed by atoms with E-state index in [1.54, 1.807) is 6.07 Å². The number of rotatable bonds is 5. The monoisotopic (exact) mass is 225 g/mol. The molecule has 0 spiro atoms. The van der Waals surface area contributed by atoms with Gasteiger partial charge in [-0.05, 0) is 25.5 Å². The van der Waals surface area contributed by atoms with Gasteiger partial charge in [-0.3, -0.25) is 9.59 Å². The van der Waals surface area contributed by atoms with Gasteiger partial charge >= 0.3 is 0 Å². The van der Waals surface area contributed by atoms with Gasteiger partial charge in [0.1, 0.15) is 0 Å². The van der Waals surface area contributed by atoms with Crippen molar-refractivity contribution in [1.82, 2.24) is 5.32 Å². The van der Waals surface area contributed by atoms with Crippen molar-refractivity contribution >= 4 is 23.0 Å². The lowest BCUT2D eigenvalue weighted by atomic mass is 10.3. The molecule has 0 aliphatic carbocycles. The Bertz CT molecular complexity index is 357. The second kappa shape index (κ2) is 5.66. The van der Waals surface area contributed by atoms with Gasteiger partial charge in [0.05, 0.1) is 11.4 Å². The fourth-order valence-corrected chi connectivity index (χ4v) is 1.97. The number of hydrogen-bond donors (Lipinski definition) is 1. The van der Waals surface area contributed by atoms with Crippen LogP contribution in [0.3, 0.4) is 0 Å². The van der Waals surface area contributed by atoms with Crippen molar-refractivity contribution in [2.45, 2.75) is 26.7 Å². The maximum absolute atomic E-state index is 11.6. The quantitative estimate of drug-likeness (QED) is 0.780. The molecule has 0 radical (unpaired) electrons. The molecule has 0 bridgehead atoms. The highest BCUT2D eigenvalue weighted by atomic mass is 32.1. The summed E-state index contributed by atoms with van der Waals surface area (Å²) in [5, 5.41) is 2.61. The number of nitrogens with one attached hydrogen (secondary N) is 1. The van der Waals surface area contributed by atoms with Gasteiger partial charge in [0.15, 0.2) is 5.78 Å². The van der Waals surface area contributed by atoms with E-state index < -0.39 is 0 Å². The van der Waals surface area contributed by atoms with Crippen molar-refractivity contribution in [3.05, 3.63) is 21.9 Å². The van der Waals surface area contributed by atoms with Gasteiger partial charge in [-0.2, -0.15) is 0 Å². The molecule has 0 unspecified atom stereocenters. The maximum Gasteiger partial charge on any atom is 0.220 e. The molecule has 0 aliphatic heterocycles. The van der Waals surface area contributed by atoms with Crippen LogP contribution in [0.15, 0.2) is 12.1 Å². The number of Topliss-reactive ketones (excluding diaryl/α,β-unsaturated/α-hetero) is 1. The van der Waals surface area contributed by atoms with Crippen LogP contribution in [0.2, 0.25) is 0 Å². The summed E-state index contributed by atoms with van der Waals surface area (Å²) in [6.07, 6.45) is 1.29. The number of aryl methyl sites for hydroxylation is 1. The number of carbonyl (C=O) groups is 2. The van der Waals surface area contributed by atoms with Crippen LogP contribution in [-0.2, 0) is 4.79 Å². The standard InChI is InChI=1S/C11H15NO2S/c1-3-4-11(14)12-7-9(13)10-6-5-8(2)15-10/h5-6H,3-4,7H2,1-2H3,(H,12,14). The lowest BCUT2D eigenvalue weighted by Gasteiger charge is -2.01. The van der Waals surface area contributed by atoms with Crippen molar-refractivity contribution in [2.75, 3.05) is 6.54 Å². The van der Waals surface area contributed by atoms with Crippen LogP contribution >= 0.6 is 11.3 Å². The Morgan fingerprint density at radius 2 is 2.13 bits per heavy atom. The summed E-state index contributed by atoms with van der Waals surface area (Å²) in [5.74, 6) is -0.0725. The van der Waals surface area contributed by atoms with Gasteiger partial charge in [-0.15, -0.1) is 11.3 Å². The molecule has 0 aromatic carbocycles. The zero-order valence-corrected chi connectivity index (χ0v) is 9.82. The van der Waals surface area contributed by atoms with Gasteiger partial charge in [0.2, 0.25) is 5.91 Å². The summed E-state index contributed by atoms with van der Waals surface area (Å²) in [6.45, 7) is 4.00. The van der Waals surface area contributed by atoms with E-state index in [1.165, 1.54) is 11.3 Å². The third kappa shape index (κ3) is 3.83. The third-order valence-corrected chi connectivity index (χ3v) is 2.98. The minimum Gasteiger partial charge on any atom is -0.349 e. The van der Waals surface area contributed by atoms with Crippen molar-refractivity contribution in [3.8, 4) is 0 Å². The Morgan fingerprint density at radius 1 is 1.40 bits per heavy atom. The molecule has 1 aromatic heterocycles. The first kappa shape index (κ1) is 11.9. The van der Waals surface area contributed by atoms with Crippen LogP contribution in [0.5, 0.6) is 0 Å². The zero-order chi connectivity index (χ0) is 11.3. The van der Waals surface area contributed by atoms with E-state index in [-0.39, 0.29) is 18.2 Å². The molecule has 0 saturated carbocycles. The first-order valence-electron chi connectivity index (χ1n) is 4.99. The van der Waals surface area contributed by atoms with E-state index in [0.717, 1.165) is 11.3 Å². The molecule has 1 amide bonds. The second-order valence-electron chi connectivity index (χ2n) is 3.36. The topological polar surface area (TPSA) is 46.2 Å². The molecule has 0 atom stereocenters. The second-order valence-corrected chi connectivity index (χ2v) is 4.65. The molecular formula is C11H15NO2S. The predicted molar refractivity (Wildman–Crippen MR) is 61.3 cm³/mol. The molecule has 0 fully saturated rings. The Labute approximate surface area is 93.5 Å². The Morgan fingerprint density at radius 3 is 2.67 bits per heavy atom. The van der Waals surface area contributed by atoms with E-state index in [9.17, 15) is 9.59 Å². The van der Waals surface area contributed by atoms with Crippen molar-refractivity contribution in [3.63, 3.8) is 0 Å². The first-order valence-corrected chi connectivity index (χ1v) is 5.81. The van der Waals surface area contributed by atoms with E-state index in [2.05, 4.69) is 5.32 Å². The molecule has 82 valence electrons. The lowest BCUT2D eigenvalue weighted by Crippen LogP contribution is -2.28. The van der Waals surface area contributed by atoms with E-state index in [0.29, 0.717) is 11.3 Å². The van der Waals surface area contributed by atoms with Crippen LogP contribution in [0.1, 0.15) is 34.3 Å². The summed E-state index contributed by atoms with van der Waals surface area (Å²) in [6, 6.07) is 3.71. The number of thiophene rings is 1. The number of hydrogen-bond acceptors (Lipinski definition) is 3. The smallest absolute Gasteiger partial charge is 0.220 e. The van der Waals surface area contributed by atoms with Gasteiger partial charge in [-0.1, -0.05) is 6.92 Å². The molecule has 1 rings (SSSR count). The summed E-state index contributed by atoms with van der Waals surface area (Å²) in [4.78, 5) is 24.5. The molecular weight excluding hydrogens is 210 g/mol. The van der Waals surface area contributed by atoms with Crippen molar-refractivity contribution in [1.29, 1.82) is 0 Å². The van der Waals surface area contributed by atoms with Crippen LogP contribution in [0.25, 0.3) is 0 Å². The fraction of sp³-hybridized carbons (Fsp3) is 0.455. The molecule has 1 N–H and O–H groups in total. The molecule has 0 saturated heterocycles. The highest BCUT2D eigenvalue weighted by Gasteiger charge is 2.09. The number of amides is 1. The van der Waals surface area contributed by atoms with Crippen LogP contribution in [0, 0.1) is 6.92 Å². The SMILES string of the molecule is CCCC(=O)NCC(=O)c1ccc(C)s1. The van der Waals surface area contributed by atoms with E-state index in [4.69, 9.17) is 0 Å². The number of ketones is 1. The molecule has 1 heterocycles. The van der Waals surface area contributed by atoms with Gasteiger partial charge in [0, 0.05) is 11.3 Å². The fourth-order valence-electron chi connectivity index (χ4n) is 1.17. The number of carbonyl (C=O) groups excluding carboxylic acids is 2. The summed E-state index contributed by atoms with van der Waals surface area (Å²) in [5.41, 5.74) is 0. The lowest BCUT2D eigenvalue weighted by molar-refractivity contribution is -0.120. The van der Waals surface area contributed by atoms with Crippen LogP contribution < -0.4 is 5.32 Å². The van der Waals surface area contributed by atoms with Gasteiger partial charge < -0.3 is 5.32 Å². The average Bonchev–Trinajstić information content (AvgIpc) is 2.62. The summed E-state index contributed by atoms with van der Waals surface area (Å²) >= 11 is 1.46. The zero-order valence-electron chi connectivity index (χ0n) is 9.00. The molecule has 1 aromatic rings. The molecule has 3 nitrogen and oxygen atoms in total. The maximum atomic E-state index is 11.6. The predicted octanol–water partition coefficient (Wildman–Crippen LogP) is 2.16. The normalized spacial score (nSPS) is 10.0. The Kier molecular flexibility index (Phi) is 4.49. The Balaban J connectivity index is 2.40. The largest absolute Gasteiger partial charge is 0.349 e. The van der Waals surface area contributed by atoms with Crippen molar-refractivity contribution < 1.29 is 9.59 Å². The minimum absolute atomic E-state index is 0.0162. The average molecular weight is 225 g/mol. The van der Waals surface area contributed by atoms with E-state index >= 15 is 0 Å². The van der Waals surface area contributed by atoms with E-state index in [1.807, 2.05) is 19.9 Å².